The van der Waals surface area contributed by atoms with E-state index in [4.69, 9.17) is 0 Å². The van der Waals surface area contributed by atoms with Crippen molar-refractivity contribution in [2.45, 2.75) is 32.4 Å². The van der Waals surface area contributed by atoms with Crippen molar-refractivity contribution in [3.63, 3.8) is 0 Å². The van der Waals surface area contributed by atoms with Crippen LogP contribution in [0.3, 0.4) is 0 Å². The number of hydrogen-bond donors (Lipinski definition) is 1. The maximum atomic E-state index is 11.9. The lowest BCUT2D eigenvalue weighted by Gasteiger charge is -2.45. The summed E-state index contributed by atoms with van der Waals surface area (Å²) in [5.41, 5.74) is 0. The molecule has 2 fully saturated rings. The zero-order valence-electron chi connectivity index (χ0n) is 9.70. The molecule has 2 unspecified atom stereocenters. The third kappa shape index (κ3) is 2.16. The van der Waals surface area contributed by atoms with Gasteiger partial charge in [-0.3, -0.25) is 9.69 Å². The van der Waals surface area contributed by atoms with Crippen molar-refractivity contribution >= 4 is 5.91 Å². The molecule has 2 heterocycles. The Morgan fingerprint density at radius 1 is 1.60 bits per heavy atom. The van der Waals surface area contributed by atoms with Gasteiger partial charge in [0.15, 0.2) is 0 Å². The first kappa shape index (κ1) is 10.9. The highest BCUT2D eigenvalue weighted by Gasteiger charge is 2.34. The molecule has 2 aliphatic heterocycles. The molecule has 0 aromatic rings. The van der Waals surface area contributed by atoms with Gasteiger partial charge in [-0.15, -0.1) is 0 Å². The van der Waals surface area contributed by atoms with Crippen LogP contribution in [0.4, 0.5) is 0 Å². The summed E-state index contributed by atoms with van der Waals surface area (Å²) in [4.78, 5) is 16.3. The first-order chi connectivity index (χ1) is 7.22. The molecule has 4 heteroatoms. The maximum Gasteiger partial charge on any atom is 0.237 e. The predicted octanol–water partition coefficient (Wildman–Crippen LogP) is -0.0991. The molecule has 2 atom stereocenters. The number of carbonyl (C=O) groups is 1. The van der Waals surface area contributed by atoms with Gasteiger partial charge < -0.3 is 10.2 Å². The summed E-state index contributed by atoms with van der Waals surface area (Å²) < 4.78 is 0. The van der Waals surface area contributed by atoms with Crippen molar-refractivity contribution in [2.75, 3.05) is 32.7 Å². The van der Waals surface area contributed by atoms with Crippen molar-refractivity contribution in [2.24, 2.45) is 0 Å². The fourth-order valence-corrected chi connectivity index (χ4v) is 2.45. The monoisotopic (exact) mass is 211 g/mol. The molecule has 0 radical (unpaired) electrons. The molecule has 2 saturated heterocycles. The van der Waals surface area contributed by atoms with Crippen LogP contribution in [0, 0.1) is 0 Å². The number of hydrogen-bond acceptors (Lipinski definition) is 3. The largest absolute Gasteiger partial charge is 0.335 e. The standard InChI is InChI=1S/C11H21N3O/c1-3-9(2)13-7-10-6-12-4-5-14(10)11(15)8-13/h9-10,12H,3-8H2,1-2H3. The summed E-state index contributed by atoms with van der Waals surface area (Å²) in [7, 11) is 0. The normalized spacial score (nSPS) is 30.1. The molecule has 0 bridgehead atoms. The minimum atomic E-state index is 0.313. The van der Waals surface area contributed by atoms with Crippen molar-refractivity contribution < 1.29 is 4.79 Å². The van der Waals surface area contributed by atoms with E-state index in [-0.39, 0.29) is 0 Å². The summed E-state index contributed by atoms with van der Waals surface area (Å²) in [5.74, 6) is 0.313. The van der Waals surface area contributed by atoms with Crippen LogP contribution in [0.1, 0.15) is 20.3 Å². The van der Waals surface area contributed by atoms with Crippen LogP contribution in [-0.4, -0.2) is 60.5 Å². The van der Waals surface area contributed by atoms with Crippen LogP contribution >= 0.6 is 0 Å². The molecule has 2 aliphatic rings. The van der Waals surface area contributed by atoms with Crippen molar-refractivity contribution in [3.05, 3.63) is 0 Å². The summed E-state index contributed by atoms with van der Waals surface area (Å²) in [6, 6.07) is 0.923. The van der Waals surface area contributed by atoms with Gasteiger partial charge in [0.05, 0.1) is 12.6 Å². The molecule has 15 heavy (non-hydrogen) atoms. The molecule has 0 saturated carbocycles. The van der Waals surface area contributed by atoms with E-state index in [0.717, 1.165) is 32.6 Å². The van der Waals surface area contributed by atoms with Gasteiger partial charge in [0.2, 0.25) is 5.91 Å². The lowest BCUT2D eigenvalue weighted by Crippen LogP contribution is -2.64. The van der Waals surface area contributed by atoms with Gasteiger partial charge in [0, 0.05) is 32.2 Å². The fourth-order valence-electron chi connectivity index (χ4n) is 2.45. The molecule has 2 rings (SSSR count). The van der Waals surface area contributed by atoms with E-state index in [0.29, 0.717) is 24.5 Å². The Labute approximate surface area is 91.6 Å². The number of carbonyl (C=O) groups excluding carboxylic acids is 1. The van der Waals surface area contributed by atoms with Crippen molar-refractivity contribution in [3.8, 4) is 0 Å². The van der Waals surface area contributed by atoms with Gasteiger partial charge in [0.25, 0.3) is 0 Å². The molecule has 1 amide bonds. The van der Waals surface area contributed by atoms with E-state index in [1.54, 1.807) is 0 Å². The van der Waals surface area contributed by atoms with Gasteiger partial charge in [-0.25, -0.2) is 0 Å². The Kier molecular flexibility index (Phi) is 3.26. The molecule has 0 spiro atoms. The number of piperazine rings is 2. The highest BCUT2D eigenvalue weighted by Crippen LogP contribution is 2.16. The molecule has 4 nitrogen and oxygen atoms in total. The van der Waals surface area contributed by atoms with Gasteiger partial charge in [-0.05, 0) is 13.3 Å². The first-order valence-corrected chi connectivity index (χ1v) is 5.96. The summed E-state index contributed by atoms with van der Waals surface area (Å²) >= 11 is 0. The zero-order valence-corrected chi connectivity index (χ0v) is 9.70. The predicted molar refractivity (Wildman–Crippen MR) is 59.7 cm³/mol. The molecular weight excluding hydrogens is 190 g/mol. The van der Waals surface area contributed by atoms with Crippen LogP contribution in [0.25, 0.3) is 0 Å². The Morgan fingerprint density at radius 2 is 2.40 bits per heavy atom. The fraction of sp³-hybridized carbons (Fsp3) is 0.909. The van der Waals surface area contributed by atoms with E-state index in [1.807, 2.05) is 0 Å². The van der Waals surface area contributed by atoms with Crippen LogP contribution < -0.4 is 5.32 Å². The molecule has 0 aliphatic carbocycles. The zero-order chi connectivity index (χ0) is 10.8. The maximum absolute atomic E-state index is 11.9. The van der Waals surface area contributed by atoms with Crippen LogP contribution in [0.5, 0.6) is 0 Å². The number of nitrogens with zero attached hydrogens (tertiary/aromatic N) is 2. The minimum absolute atomic E-state index is 0.313. The van der Waals surface area contributed by atoms with E-state index >= 15 is 0 Å². The van der Waals surface area contributed by atoms with E-state index < -0.39 is 0 Å². The van der Waals surface area contributed by atoms with Gasteiger partial charge in [-0.2, -0.15) is 0 Å². The first-order valence-electron chi connectivity index (χ1n) is 5.96. The molecule has 0 aromatic carbocycles. The van der Waals surface area contributed by atoms with Crippen LogP contribution in [-0.2, 0) is 4.79 Å². The Bertz CT molecular complexity index is 244. The summed E-state index contributed by atoms with van der Waals surface area (Å²) in [6.45, 7) is 8.83. The van der Waals surface area contributed by atoms with E-state index in [9.17, 15) is 4.79 Å². The Morgan fingerprint density at radius 3 is 3.13 bits per heavy atom. The van der Waals surface area contributed by atoms with Crippen LogP contribution in [0.2, 0.25) is 0 Å². The number of rotatable bonds is 2. The third-order valence-corrected chi connectivity index (χ3v) is 3.67. The second-order valence-electron chi connectivity index (χ2n) is 4.63. The average Bonchev–Trinajstić information content (AvgIpc) is 2.28. The SMILES string of the molecule is CCC(C)N1CC(=O)N2CCNCC2C1. The molecule has 86 valence electrons. The van der Waals surface area contributed by atoms with Gasteiger partial charge >= 0.3 is 0 Å². The summed E-state index contributed by atoms with van der Waals surface area (Å²) in [5, 5.41) is 3.36. The molecular formula is C11H21N3O. The van der Waals surface area contributed by atoms with Crippen molar-refractivity contribution in [1.29, 1.82) is 0 Å². The smallest absolute Gasteiger partial charge is 0.237 e. The van der Waals surface area contributed by atoms with E-state index in [2.05, 4.69) is 29.0 Å². The second-order valence-corrected chi connectivity index (χ2v) is 4.63. The number of amides is 1. The second kappa shape index (κ2) is 4.49. The van der Waals surface area contributed by atoms with Gasteiger partial charge in [0.1, 0.15) is 0 Å². The topological polar surface area (TPSA) is 35.6 Å². The molecule has 1 N–H and O–H groups in total. The van der Waals surface area contributed by atoms with Crippen molar-refractivity contribution in [1.82, 2.24) is 15.1 Å². The Hall–Kier alpha value is -0.610. The van der Waals surface area contributed by atoms with E-state index in [1.165, 1.54) is 0 Å². The summed E-state index contributed by atoms with van der Waals surface area (Å²) in [6.07, 6.45) is 1.12. The lowest BCUT2D eigenvalue weighted by molar-refractivity contribution is -0.142. The third-order valence-electron chi connectivity index (χ3n) is 3.67. The van der Waals surface area contributed by atoms with Gasteiger partial charge in [-0.1, -0.05) is 6.92 Å². The highest BCUT2D eigenvalue weighted by atomic mass is 16.2. The Balaban J connectivity index is 2.01. The average molecular weight is 211 g/mol. The number of fused-ring (bicyclic) bond motifs is 1. The van der Waals surface area contributed by atoms with Crippen LogP contribution in [0.15, 0.2) is 0 Å². The lowest BCUT2D eigenvalue weighted by atomic mass is 10.1. The highest BCUT2D eigenvalue weighted by molar-refractivity contribution is 5.79. The number of nitrogens with one attached hydrogen (secondary N) is 1. The molecule has 0 aromatic heterocycles. The quantitative estimate of drug-likeness (QED) is 0.693. The minimum Gasteiger partial charge on any atom is -0.335 e.